The van der Waals surface area contributed by atoms with Crippen LogP contribution in [0.4, 0.5) is 0 Å². The molecule has 0 spiro atoms. The van der Waals surface area contributed by atoms with Crippen molar-refractivity contribution in [3.05, 3.63) is 59.7 Å². The number of hydrogen-bond acceptors (Lipinski definition) is 1. The molecule has 0 N–H and O–H groups in total. The van der Waals surface area contributed by atoms with Gasteiger partial charge in [-0.2, -0.15) is 5.26 Å². The maximum atomic E-state index is 9.14. The molecule has 0 bridgehead atoms. The molecule has 96 valence electrons. The molecule has 0 atom stereocenters. The molecule has 0 aliphatic carbocycles. The molecule has 1 nitrogen and oxygen atoms in total. The average molecular weight is 249 g/mol. The van der Waals surface area contributed by atoms with E-state index in [-0.39, 0.29) is 0 Å². The van der Waals surface area contributed by atoms with E-state index in [2.05, 4.69) is 51.1 Å². The summed E-state index contributed by atoms with van der Waals surface area (Å²) in [5.74, 6) is 0. The van der Waals surface area contributed by atoms with Crippen LogP contribution < -0.4 is 0 Å². The number of nitriles is 1. The normalized spacial score (nSPS) is 11.1. The molecular weight excluding hydrogens is 230 g/mol. The van der Waals surface area contributed by atoms with Gasteiger partial charge in [-0.05, 0) is 34.6 Å². The van der Waals surface area contributed by atoms with Crippen molar-refractivity contribution in [2.75, 3.05) is 0 Å². The van der Waals surface area contributed by atoms with Crippen LogP contribution >= 0.6 is 0 Å². The van der Waals surface area contributed by atoms with Gasteiger partial charge in [0.2, 0.25) is 0 Å². The summed E-state index contributed by atoms with van der Waals surface area (Å²) in [5.41, 5.74) is 4.48. The first-order valence-corrected chi connectivity index (χ1v) is 6.58. The van der Waals surface area contributed by atoms with Crippen molar-refractivity contribution >= 4 is 0 Å². The zero-order chi connectivity index (χ0) is 13.9. The lowest BCUT2D eigenvalue weighted by atomic mass is 9.87. The molecule has 0 saturated heterocycles. The molecular formula is C18H19N. The van der Waals surface area contributed by atoms with E-state index in [0.29, 0.717) is 5.41 Å². The molecule has 0 aromatic heterocycles. The third-order valence-corrected chi connectivity index (χ3v) is 3.05. The summed E-state index contributed by atoms with van der Waals surface area (Å²) >= 11 is 0. The molecule has 0 fully saturated rings. The van der Waals surface area contributed by atoms with Crippen LogP contribution in [0, 0.1) is 16.7 Å². The summed E-state index contributed by atoms with van der Waals surface area (Å²) in [7, 11) is 0. The molecule has 2 rings (SSSR count). The Morgan fingerprint density at radius 3 is 2.16 bits per heavy atom. The summed E-state index contributed by atoms with van der Waals surface area (Å²) < 4.78 is 0. The molecule has 0 radical (unpaired) electrons. The Kier molecular flexibility index (Phi) is 3.71. The van der Waals surface area contributed by atoms with E-state index in [9.17, 15) is 0 Å². The highest BCUT2D eigenvalue weighted by Gasteiger charge is 2.11. The van der Waals surface area contributed by atoms with Crippen molar-refractivity contribution in [1.82, 2.24) is 0 Å². The number of rotatable bonds is 2. The van der Waals surface area contributed by atoms with Crippen LogP contribution in [0.5, 0.6) is 0 Å². The third kappa shape index (κ3) is 3.45. The lowest BCUT2D eigenvalue weighted by Gasteiger charge is -2.18. The van der Waals surface area contributed by atoms with E-state index >= 15 is 0 Å². The molecule has 2 aromatic carbocycles. The molecule has 0 saturated carbocycles. The maximum Gasteiger partial charge on any atom is 0.0998 e. The van der Waals surface area contributed by atoms with Gasteiger partial charge in [-0.25, -0.2) is 0 Å². The topological polar surface area (TPSA) is 23.8 Å². The summed E-state index contributed by atoms with van der Waals surface area (Å²) in [6.45, 7) is 6.73. The van der Waals surface area contributed by atoms with Crippen LogP contribution in [0.3, 0.4) is 0 Å². The first kappa shape index (κ1) is 13.4. The highest BCUT2D eigenvalue weighted by Crippen LogP contribution is 2.26. The van der Waals surface area contributed by atoms with Crippen LogP contribution in [0.25, 0.3) is 11.1 Å². The van der Waals surface area contributed by atoms with Crippen molar-refractivity contribution in [1.29, 1.82) is 5.26 Å². The van der Waals surface area contributed by atoms with Gasteiger partial charge in [-0.15, -0.1) is 0 Å². The van der Waals surface area contributed by atoms with Crippen LogP contribution in [-0.4, -0.2) is 0 Å². The zero-order valence-corrected chi connectivity index (χ0v) is 11.8. The minimum Gasteiger partial charge on any atom is -0.192 e. The summed E-state index contributed by atoms with van der Waals surface area (Å²) in [4.78, 5) is 0. The lowest BCUT2D eigenvalue weighted by molar-refractivity contribution is 0.411. The van der Waals surface area contributed by atoms with Crippen molar-refractivity contribution in [2.45, 2.75) is 27.2 Å². The van der Waals surface area contributed by atoms with E-state index in [4.69, 9.17) is 5.26 Å². The SMILES string of the molecule is CC(C)(C)Cc1ccc(-c2ccccc2C#N)cc1. The Balaban J connectivity index is 2.31. The van der Waals surface area contributed by atoms with Gasteiger partial charge in [-0.3, -0.25) is 0 Å². The van der Waals surface area contributed by atoms with Crippen LogP contribution in [0.1, 0.15) is 31.9 Å². The second kappa shape index (κ2) is 5.28. The predicted molar refractivity (Wildman–Crippen MR) is 79.8 cm³/mol. The molecule has 0 unspecified atom stereocenters. The quantitative estimate of drug-likeness (QED) is 0.749. The fraction of sp³-hybridized carbons (Fsp3) is 0.278. The van der Waals surface area contributed by atoms with Gasteiger partial charge >= 0.3 is 0 Å². The Morgan fingerprint density at radius 2 is 1.58 bits per heavy atom. The molecule has 0 amide bonds. The Hall–Kier alpha value is -2.07. The number of hydrogen-bond donors (Lipinski definition) is 0. The minimum absolute atomic E-state index is 0.298. The number of nitrogens with zero attached hydrogens (tertiary/aromatic N) is 1. The van der Waals surface area contributed by atoms with E-state index in [1.54, 1.807) is 0 Å². The lowest BCUT2D eigenvalue weighted by Crippen LogP contribution is -2.08. The fourth-order valence-corrected chi connectivity index (χ4v) is 2.25. The maximum absolute atomic E-state index is 9.14. The molecule has 0 aliphatic rings. The van der Waals surface area contributed by atoms with E-state index in [1.807, 2.05) is 24.3 Å². The Labute approximate surface area is 115 Å². The van der Waals surface area contributed by atoms with Crippen molar-refractivity contribution in [2.24, 2.45) is 5.41 Å². The molecule has 1 heteroatoms. The number of benzene rings is 2. The summed E-state index contributed by atoms with van der Waals surface area (Å²) in [6, 6.07) is 18.5. The van der Waals surface area contributed by atoms with Crippen LogP contribution in [-0.2, 0) is 6.42 Å². The van der Waals surface area contributed by atoms with Crippen LogP contribution in [0.15, 0.2) is 48.5 Å². The van der Waals surface area contributed by atoms with Gasteiger partial charge in [-0.1, -0.05) is 63.2 Å². The second-order valence-electron chi connectivity index (χ2n) is 6.09. The van der Waals surface area contributed by atoms with Crippen molar-refractivity contribution < 1.29 is 0 Å². The van der Waals surface area contributed by atoms with Gasteiger partial charge in [0.1, 0.15) is 0 Å². The third-order valence-electron chi connectivity index (χ3n) is 3.05. The predicted octanol–water partition coefficient (Wildman–Crippen LogP) is 4.81. The van der Waals surface area contributed by atoms with Crippen LogP contribution in [0.2, 0.25) is 0 Å². The van der Waals surface area contributed by atoms with Gasteiger partial charge in [0.25, 0.3) is 0 Å². The second-order valence-corrected chi connectivity index (χ2v) is 6.09. The van der Waals surface area contributed by atoms with Gasteiger partial charge in [0.05, 0.1) is 11.6 Å². The monoisotopic (exact) mass is 249 g/mol. The van der Waals surface area contributed by atoms with Gasteiger partial charge in [0.15, 0.2) is 0 Å². The Bertz CT molecular complexity index is 595. The Morgan fingerprint density at radius 1 is 0.947 bits per heavy atom. The van der Waals surface area contributed by atoms with Gasteiger partial charge < -0.3 is 0 Å². The zero-order valence-electron chi connectivity index (χ0n) is 11.8. The molecule has 0 heterocycles. The average Bonchev–Trinajstić information content (AvgIpc) is 2.38. The van der Waals surface area contributed by atoms with Crippen molar-refractivity contribution in [3.8, 4) is 17.2 Å². The summed E-state index contributed by atoms with van der Waals surface area (Å²) in [6.07, 6.45) is 1.06. The fourth-order valence-electron chi connectivity index (χ4n) is 2.25. The van der Waals surface area contributed by atoms with E-state index < -0.39 is 0 Å². The van der Waals surface area contributed by atoms with E-state index in [0.717, 1.165) is 23.1 Å². The first-order chi connectivity index (χ1) is 8.99. The highest BCUT2D eigenvalue weighted by molar-refractivity contribution is 5.70. The van der Waals surface area contributed by atoms with E-state index in [1.165, 1.54) is 5.56 Å². The first-order valence-electron chi connectivity index (χ1n) is 6.58. The standard InChI is InChI=1S/C18H19N/c1-18(2,3)12-14-8-10-15(11-9-14)17-7-5-4-6-16(17)13-19/h4-11H,12H2,1-3H3. The molecule has 19 heavy (non-hydrogen) atoms. The largest absolute Gasteiger partial charge is 0.192 e. The summed E-state index contributed by atoms with van der Waals surface area (Å²) in [5, 5.41) is 9.14. The molecule has 0 aliphatic heterocycles. The minimum atomic E-state index is 0.298. The smallest absolute Gasteiger partial charge is 0.0998 e. The van der Waals surface area contributed by atoms with Gasteiger partial charge in [0, 0.05) is 0 Å². The highest BCUT2D eigenvalue weighted by atomic mass is 14.2. The van der Waals surface area contributed by atoms with Crippen molar-refractivity contribution in [3.63, 3.8) is 0 Å². The molecule has 2 aromatic rings.